The zero-order valence-corrected chi connectivity index (χ0v) is 7.45. The van der Waals surface area contributed by atoms with Gasteiger partial charge in [-0.15, -0.1) is 0 Å². The molecular formula is C9H15N3. The molecule has 1 aromatic rings. The maximum Gasteiger partial charge on any atom is 0.0767 e. The SMILES string of the molecule is CCCc1cnn(C2CNC2)c1. The molecule has 0 unspecified atom stereocenters. The van der Waals surface area contributed by atoms with E-state index in [0.717, 1.165) is 19.5 Å². The summed E-state index contributed by atoms with van der Waals surface area (Å²) >= 11 is 0. The van der Waals surface area contributed by atoms with Crippen LogP contribution in [0.2, 0.25) is 0 Å². The first-order chi connectivity index (χ1) is 5.90. The van der Waals surface area contributed by atoms with Gasteiger partial charge in [0.2, 0.25) is 0 Å². The molecule has 2 heterocycles. The van der Waals surface area contributed by atoms with E-state index >= 15 is 0 Å². The van der Waals surface area contributed by atoms with Crippen molar-refractivity contribution >= 4 is 0 Å². The van der Waals surface area contributed by atoms with Gasteiger partial charge in [0.1, 0.15) is 0 Å². The Morgan fingerprint density at radius 2 is 2.50 bits per heavy atom. The molecule has 66 valence electrons. The molecule has 0 aliphatic carbocycles. The number of aromatic nitrogens is 2. The summed E-state index contributed by atoms with van der Waals surface area (Å²) in [6, 6.07) is 0.607. The minimum atomic E-state index is 0.607. The number of hydrogen-bond acceptors (Lipinski definition) is 2. The zero-order valence-electron chi connectivity index (χ0n) is 7.45. The second kappa shape index (κ2) is 3.27. The van der Waals surface area contributed by atoms with E-state index in [1.807, 2.05) is 6.20 Å². The smallest absolute Gasteiger partial charge is 0.0767 e. The summed E-state index contributed by atoms with van der Waals surface area (Å²) in [7, 11) is 0. The van der Waals surface area contributed by atoms with E-state index in [0.29, 0.717) is 6.04 Å². The molecule has 0 atom stereocenters. The molecule has 1 N–H and O–H groups in total. The average Bonchev–Trinajstić information content (AvgIpc) is 2.34. The lowest BCUT2D eigenvalue weighted by Crippen LogP contribution is -2.43. The highest BCUT2D eigenvalue weighted by atomic mass is 15.3. The Hall–Kier alpha value is -0.830. The highest BCUT2D eigenvalue weighted by Crippen LogP contribution is 2.11. The van der Waals surface area contributed by atoms with Crippen molar-refractivity contribution in [2.24, 2.45) is 0 Å². The van der Waals surface area contributed by atoms with Crippen LogP contribution in [0, 0.1) is 0 Å². The lowest BCUT2D eigenvalue weighted by atomic mass is 10.2. The zero-order chi connectivity index (χ0) is 8.39. The van der Waals surface area contributed by atoms with Crippen molar-refractivity contribution in [2.45, 2.75) is 25.8 Å². The molecule has 0 bridgehead atoms. The molecule has 1 fully saturated rings. The highest BCUT2D eigenvalue weighted by molar-refractivity contribution is 5.05. The third-order valence-electron chi connectivity index (χ3n) is 2.33. The Kier molecular flexibility index (Phi) is 2.13. The van der Waals surface area contributed by atoms with E-state index in [2.05, 4.69) is 28.2 Å². The maximum absolute atomic E-state index is 4.33. The predicted octanol–water partition coefficient (Wildman–Crippen LogP) is 0.980. The minimum Gasteiger partial charge on any atom is -0.312 e. The van der Waals surface area contributed by atoms with Crippen molar-refractivity contribution in [3.05, 3.63) is 18.0 Å². The van der Waals surface area contributed by atoms with Gasteiger partial charge in [-0.25, -0.2) is 0 Å². The molecule has 1 aliphatic rings. The maximum atomic E-state index is 4.33. The summed E-state index contributed by atoms with van der Waals surface area (Å²) in [5.41, 5.74) is 1.37. The van der Waals surface area contributed by atoms with E-state index in [-0.39, 0.29) is 0 Å². The van der Waals surface area contributed by atoms with E-state index in [4.69, 9.17) is 0 Å². The fraction of sp³-hybridized carbons (Fsp3) is 0.667. The summed E-state index contributed by atoms with van der Waals surface area (Å²) in [6.07, 6.45) is 6.52. The average molecular weight is 165 g/mol. The molecule has 12 heavy (non-hydrogen) atoms. The summed E-state index contributed by atoms with van der Waals surface area (Å²) < 4.78 is 2.08. The number of nitrogens with one attached hydrogen (secondary N) is 1. The second-order valence-electron chi connectivity index (χ2n) is 3.39. The second-order valence-corrected chi connectivity index (χ2v) is 3.39. The fourth-order valence-electron chi connectivity index (χ4n) is 1.46. The lowest BCUT2D eigenvalue weighted by Gasteiger charge is -2.27. The van der Waals surface area contributed by atoms with Gasteiger partial charge in [0.15, 0.2) is 0 Å². The topological polar surface area (TPSA) is 29.9 Å². The summed E-state index contributed by atoms with van der Waals surface area (Å²) in [5.74, 6) is 0. The summed E-state index contributed by atoms with van der Waals surface area (Å²) in [6.45, 7) is 4.35. The van der Waals surface area contributed by atoms with Gasteiger partial charge < -0.3 is 5.32 Å². The van der Waals surface area contributed by atoms with Crippen molar-refractivity contribution in [3.63, 3.8) is 0 Å². The molecule has 1 aromatic heterocycles. The van der Waals surface area contributed by atoms with Crippen LogP contribution in [0.25, 0.3) is 0 Å². The van der Waals surface area contributed by atoms with Crippen LogP contribution in [-0.4, -0.2) is 22.9 Å². The first kappa shape index (κ1) is 7.80. The van der Waals surface area contributed by atoms with Gasteiger partial charge in [-0.1, -0.05) is 13.3 Å². The first-order valence-corrected chi connectivity index (χ1v) is 4.64. The van der Waals surface area contributed by atoms with Gasteiger partial charge in [-0.05, 0) is 12.0 Å². The number of hydrogen-bond donors (Lipinski definition) is 1. The number of rotatable bonds is 3. The van der Waals surface area contributed by atoms with E-state index < -0.39 is 0 Å². The minimum absolute atomic E-state index is 0.607. The molecule has 0 radical (unpaired) electrons. The third-order valence-corrected chi connectivity index (χ3v) is 2.33. The van der Waals surface area contributed by atoms with Gasteiger partial charge in [0, 0.05) is 19.3 Å². The molecule has 1 saturated heterocycles. The largest absolute Gasteiger partial charge is 0.312 e. The Morgan fingerprint density at radius 3 is 3.08 bits per heavy atom. The van der Waals surface area contributed by atoms with Crippen molar-refractivity contribution in [3.8, 4) is 0 Å². The lowest BCUT2D eigenvalue weighted by molar-refractivity contribution is 0.318. The van der Waals surface area contributed by atoms with Gasteiger partial charge >= 0.3 is 0 Å². The highest BCUT2D eigenvalue weighted by Gasteiger charge is 2.18. The van der Waals surface area contributed by atoms with Crippen LogP contribution in [0.1, 0.15) is 24.9 Å². The molecule has 2 rings (SSSR count). The Bertz CT molecular complexity index is 250. The van der Waals surface area contributed by atoms with Crippen LogP contribution in [-0.2, 0) is 6.42 Å². The Morgan fingerprint density at radius 1 is 1.67 bits per heavy atom. The van der Waals surface area contributed by atoms with Gasteiger partial charge in [-0.2, -0.15) is 5.10 Å². The van der Waals surface area contributed by atoms with E-state index in [9.17, 15) is 0 Å². The van der Waals surface area contributed by atoms with Crippen LogP contribution in [0.5, 0.6) is 0 Å². The van der Waals surface area contributed by atoms with Crippen LogP contribution >= 0.6 is 0 Å². The number of aryl methyl sites for hydroxylation is 1. The third kappa shape index (κ3) is 1.37. The first-order valence-electron chi connectivity index (χ1n) is 4.64. The van der Waals surface area contributed by atoms with Crippen LogP contribution < -0.4 is 5.32 Å². The normalized spacial score (nSPS) is 17.8. The molecule has 0 aromatic carbocycles. The molecule has 0 amide bonds. The quantitative estimate of drug-likeness (QED) is 0.723. The van der Waals surface area contributed by atoms with Crippen molar-refractivity contribution in [1.29, 1.82) is 0 Å². The van der Waals surface area contributed by atoms with Gasteiger partial charge in [-0.3, -0.25) is 4.68 Å². The molecule has 0 saturated carbocycles. The predicted molar refractivity (Wildman–Crippen MR) is 48.1 cm³/mol. The fourth-order valence-corrected chi connectivity index (χ4v) is 1.46. The summed E-state index contributed by atoms with van der Waals surface area (Å²) in [5, 5.41) is 7.57. The molecule has 3 heteroatoms. The van der Waals surface area contributed by atoms with Gasteiger partial charge in [0.05, 0.1) is 12.2 Å². The van der Waals surface area contributed by atoms with Crippen LogP contribution in [0.15, 0.2) is 12.4 Å². The van der Waals surface area contributed by atoms with Gasteiger partial charge in [0.25, 0.3) is 0 Å². The Labute approximate surface area is 72.8 Å². The van der Waals surface area contributed by atoms with E-state index in [1.54, 1.807) is 0 Å². The van der Waals surface area contributed by atoms with Crippen LogP contribution in [0.4, 0.5) is 0 Å². The Balaban J connectivity index is 2.02. The van der Waals surface area contributed by atoms with Crippen molar-refractivity contribution in [2.75, 3.05) is 13.1 Å². The standard InChI is InChI=1S/C9H15N3/c1-2-3-8-4-11-12(7-8)9-5-10-6-9/h4,7,9-10H,2-3,5-6H2,1H3. The molecule has 0 spiro atoms. The van der Waals surface area contributed by atoms with E-state index in [1.165, 1.54) is 12.0 Å². The van der Waals surface area contributed by atoms with Crippen LogP contribution in [0.3, 0.4) is 0 Å². The van der Waals surface area contributed by atoms with Crippen molar-refractivity contribution < 1.29 is 0 Å². The molecule has 3 nitrogen and oxygen atoms in total. The molecule has 1 aliphatic heterocycles. The molecular weight excluding hydrogens is 150 g/mol. The monoisotopic (exact) mass is 165 g/mol. The van der Waals surface area contributed by atoms with Crippen molar-refractivity contribution in [1.82, 2.24) is 15.1 Å². The number of nitrogens with zero attached hydrogens (tertiary/aromatic N) is 2. The summed E-state index contributed by atoms with van der Waals surface area (Å²) in [4.78, 5) is 0.